The number of nitrogens with zero attached hydrogens (tertiary/aromatic N) is 1. The molecule has 3 aromatic carbocycles. The van der Waals surface area contributed by atoms with Gasteiger partial charge in [0.2, 0.25) is 17.7 Å². The van der Waals surface area contributed by atoms with E-state index in [0.29, 0.717) is 11.6 Å². The van der Waals surface area contributed by atoms with Crippen LogP contribution in [-0.2, 0) is 14.4 Å². The van der Waals surface area contributed by atoms with E-state index in [4.69, 9.17) is 0 Å². The third-order valence-electron chi connectivity index (χ3n) is 5.36. The Hall–Kier alpha value is -3.34. The summed E-state index contributed by atoms with van der Waals surface area (Å²) >= 11 is 4.11. The second kappa shape index (κ2) is 13.5. The molecule has 196 valence electrons. The van der Waals surface area contributed by atoms with Crippen molar-refractivity contribution in [3.8, 4) is 0 Å². The first-order valence-corrected chi connectivity index (χ1v) is 15.0. The van der Waals surface area contributed by atoms with Crippen LogP contribution in [0.25, 0.3) is 10.2 Å². The van der Waals surface area contributed by atoms with Crippen LogP contribution in [0.3, 0.4) is 0 Å². The van der Waals surface area contributed by atoms with E-state index < -0.39 is 0 Å². The number of hydrogen-bond acceptors (Lipinski definition) is 7. The predicted octanol–water partition coefficient (Wildman–Crippen LogP) is 6.46. The number of carbonyl (C=O) groups excluding carboxylic acids is 3. The summed E-state index contributed by atoms with van der Waals surface area (Å²) in [6.07, 6.45) is 0. The van der Waals surface area contributed by atoms with Gasteiger partial charge in [-0.05, 0) is 53.9 Å². The number of carbonyl (C=O) groups is 3. The lowest BCUT2D eigenvalue weighted by Crippen LogP contribution is -2.18. The minimum Gasteiger partial charge on any atom is -0.325 e. The van der Waals surface area contributed by atoms with Crippen LogP contribution < -0.4 is 16.0 Å². The lowest BCUT2D eigenvalue weighted by molar-refractivity contribution is -0.114. The van der Waals surface area contributed by atoms with Crippen molar-refractivity contribution < 1.29 is 14.4 Å². The number of hydrogen-bond donors (Lipinski definition) is 3. The Morgan fingerprint density at radius 2 is 1.34 bits per heavy atom. The molecule has 0 aliphatic rings. The molecular formula is C28H28N4O3S3. The van der Waals surface area contributed by atoms with Gasteiger partial charge in [0.25, 0.3) is 0 Å². The Bertz CT molecular complexity index is 1410. The maximum absolute atomic E-state index is 12.4. The number of nitrogens with one attached hydrogen (secondary N) is 3. The molecule has 0 aliphatic heterocycles. The predicted molar refractivity (Wildman–Crippen MR) is 161 cm³/mol. The first-order chi connectivity index (χ1) is 18.4. The molecule has 3 N–H and O–H groups in total. The van der Waals surface area contributed by atoms with Gasteiger partial charge in [0.15, 0.2) is 4.34 Å². The third kappa shape index (κ3) is 8.34. The highest BCUT2D eigenvalue weighted by atomic mass is 32.2. The molecular weight excluding hydrogens is 537 g/mol. The molecule has 1 aromatic heterocycles. The molecule has 0 saturated carbocycles. The van der Waals surface area contributed by atoms with Gasteiger partial charge in [-0.25, -0.2) is 4.98 Å². The largest absolute Gasteiger partial charge is 0.325 e. The fourth-order valence-corrected chi connectivity index (χ4v) is 6.00. The van der Waals surface area contributed by atoms with E-state index in [9.17, 15) is 14.4 Å². The number of benzene rings is 3. The highest BCUT2D eigenvalue weighted by molar-refractivity contribution is 8.01. The van der Waals surface area contributed by atoms with Gasteiger partial charge in [-0.3, -0.25) is 14.4 Å². The average molecular weight is 565 g/mol. The van der Waals surface area contributed by atoms with E-state index in [2.05, 4.69) is 34.8 Å². The van der Waals surface area contributed by atoms with Crippen molar-refractivity contribution in [3.63, 3.8) is 0 Å². The van der Waals surface area contributed by atoms with Gasteiger partial charge in [0.1, 0.15) is 0 Å². The first kappa shape index (κ1) is 27.7. The fraction of sp³-hybridized carbons (Fsp3) is 0.214. The zero-order valence-electron chi connectivity index (χ0n) is 21.0. The lowest BCUT2D eigenvalue weighted by atomic mass is 10.0. The van der Waals surface area contributed by atoms with Crippen molar-refractivity contribution in [1.29, 1.82) is 0 Å². The van der Waals surface area contributed by atoms with Crippen molar-refractivity contribution in [2.75, 3.05) is 33.2 Å². The van der Waals surface area contributed by atoms with Gasteiger partial charge < -0.3 is 16.0 Å². The Balaban J connectivity index is 1.22. The Kier molecular flexibility index (Phi) is 9.80. The normalized spacial score (nSPS) is 10.9. The standard InChI is InChI=1S/C28H28N4O3S3/c1-18(2)19-8-10-21(11-9-19)30-27(35)17-37-28-32-23-13-12-22(14-24(23)38-28)31-26(34)16-36-15-25(33)29-20-6-4-3-5-7-20/h3-14,18H,15-17H2,1-2H3,(H,29,33)(H,30,35)(H,31,34). The molecule has 4 aromatic rings. The topological polar surface area (TPSA) is 100 Å². The number of thioether (sulfide) groups is 2. The summed E-state index contributed by atoms with van der Waals surface area (Å²) in [4.78, 5) is 41.3. The van der Waals surface area contributed by atoms with Crippen molar-refractivity contribution >= 4 is 79.9 Å². The van der Waals surface area contributed by atoms with Crippen LogP contribution in [0, 0.1) is 0 Å². The molecule has 0 saturated heterocycles. The van der Waals surface area contributed by atoms with E-state index in [-0.39, 0.29) is 35.0 Å². The number of rotatable bonds is 11. The van der Waals surface area contributed by atoms with Crippen LogP contribution in [-0.4, -0.2) is 40.0 Å². The number of para-hydroxylation sites is 1. The lowest BCUT2D eigenvalue weighted by Gasteiger charge is -2.08. The van der Waals surface area contributed by atoms with Crippen molar-refractivity contribution in [2.45, 2.75) is 24.1 Å². The highest BCUT2D eigenvalue weighted by Crippen LogP contribution is 2.31. The number of thiazole rings is 1. The number of aromatic nitrogens is 1. The summed E-state index contributed by atoms with van der Waals surface area (Å²) in [5.41, 5.74) is 4.22. The van der Waals surface area contributed by atoms with Crippen LogP contribution in [0.2, 0.25) is 0 Å². The molecule has 0 unspecified atom stereocenters. The van der Waals surface area contributed by atoms with E-state index in [0.717, 1.165) is 25.9 Å². The summed E-state index contributed by atoms with van der Waals surface area (Å²) in [6, 6.07) is 22.6. The zero-order valence-corrected chi connectivity index (χ0v) is 23.5. The molecule has 0 aliphatic carbocycles. The van der Waals surface area contributed by atoms with Crippen molar-refractivity contribution in [1.82, 2.24) is 4.98 Å². The smallest absolute Gasteiger partial charge is 0.234 e. The van der Waals surface area contributed by atoms with Gasteiger partial charge in [-0.1, -0.05) is 55.9 Å². The van der Waals surface area contributed by atoms with Crippen LogP contribution in [0.1, 0.15) is 25.3 Å². The molecule has 0 bridgehead atoms. The molecule has 10 heteroatoms. The van der Waals surface area contributed by atoms with Gasteiger partial charge in [-0.2, -0.15) is 0 Å². The quantitative estimate of drug-likeness (QED) is 0.181. The maximum atomic E-state index is 12.4. The summed E-state index contributed by atoms with van der Waals surface area (Å²) in [6.45, 7) is 4.27. The van der Waals surface area contributed by atoms with Crippen molar-refractivity contribution in [2.24, 2.45) is 0 Å². The second-order valence-corrected chi connectivity index (χ2v) is 12.0. The highest BCUT2D eigenvalue weighted by Gasteiger charge is 2.11. The molecule has 0 radical (unpaired) electrons. The van der Waals surface area contributed by atoms with Crippen LogP contribution >= 0.6 is 34.9 Å². The van der Waals surface area contributed by atoms with Crippen LogP contribution in [0.4, 0.5) is 17.1 Å². The SMILES string of the molecule is CC(C)c1ccc(NC(=O)CSc2nc3ccc(NC(=O)CSCC(=O)Nc4ccccc4)cc3s2)cc1. The molecule has 4 rings (SSSR count). The van der Waals surface area contributed by atoms with Gasteiger partial charge in [0, 0.05) is 17.1 Å². The molecule has 7 nitrogen and oxygen atoms in total. The molecule has 1 heterocycles. The Morgan fingerprint density at radius 1 is 0.763 bits per heavy atom. The summed E-state index contributed by atoms with van der Waals surface area (Å²) < 4.78 is 1.71. The Labute approximate surface area is 234 Å². The molecule has 0 fully saturated rings. The second-order valence-electron chi connectivity index (χ2n) is 8.73. The molecule has 0 atom stereocenters. The number of amides is 3. The molecule has 3 amide bonds. The monoisotopic (exact) mass is 564 g/mol. The maximum Gasteiger partial charge on any atom is 0.234 e. The summed E-state index contributed by atoms with van der Waals surface area (Å²) in [5, 5.41) is 8.59. The van der Waals surface area contributed by atoms with E-state index in [1.807, 2.05) is 66.7 Å². The third-order valence-corrected chi connectivity index (χ3v) is 8.46. The molecule has 0 spiro atoms. The van der Waals surface area contributed by atoms with Crippen LogP contribution in [0.15, 0.2) is 77.1 Å². The number of fused-ring (bicyclic) bond motifs is 1. The minimum absolute atomic E-state index is 0.0885. The summed E-state index contributed by atoms with van der Waals surface area (Å²) in [5.74, 6) is 0.633. The van der Waals surface area contributed by atoms with Gasteiger partial charge >= 0.3 is 0 Å². The fourth-order valence-electron chi connectivity index (χ4n) is 3.47. The van der Waals surface area contributed by atoms with E-state index in [1.165, 1.54) is 40.4 Å². The first-order valence-electron chi connectivity index (χ1n) is 12.0. The van der Waals surface area contributed by atoms with Crippen LogP contribution in [0.5, 0.6) is 0 Å². The van der Waals surface area contributed by atoms with E-state index >= 15 is 0 Å². The minimum atomic E-state index is -0.181. The van der Waals surface area contributed by atoms with Gasteiger partial charge in [-0.15, -0.1) is 23.1 Å². The van der Waals surface area contributed by atoms with E-state index in [1.54, 1.807) is 6.07 Å². The van der Waals surface area contributed by atoms with Gasteiger partial charge in [0.05, 0.1) is 27.5 Å². The van der Waals surface area contributed by atoms with Crippen molar-refractivity contribution in [3.05, 3.63) is 78.4 Å². The summed E-state index contributed by atoms with van der Waals surface area (Å²) in [7, 11) is 0. The zero-order chi connectivity index (χ0) is 26.9. The average Bonchev–Trinajstić information content (AvgIpc) is 3.30. The Morgan fingerprint density at radius 3 is 2.00 bits per heavy atom. The number of anilines is 3. The molecule has 38 heavy (non-hydrogen) atoms.